The van der Waals surface area contributed by atoms with E-state index in [0.29, 0.717) is 12.6 Å². The fourth-order valence-electron chi connectivity index (χ4n) is 1.98. The van der Waals surface area contributed by atoms with Crippen LogP contribution in [0.2, 0.25) is 0 Å². The summed E-state index contributed by atoms with van der Waals surface area (Å²) in [6, 6.07) is 0. The summed E-state index contributed by atoms with van der Waals surface area (Å²) < 4.78 is 5.75. The second-order valence-corrected chi connectivity index (χ2v) is 4.10. The van der Waals surface area contributed by atoms with Crippen LogP contribution in [0.4, 0.5) is 0 Å². The molecule has 0 heterocycles. The molecule has 1 fully saturated rings. The van der Waals surface area contributed by atoms with Gasteiger partial charge in [0.15, 0.2) is 0 Å². The Bertz CT molecular complexity index is 117. The van der Waals surface area contributed by atoms with Crippen LogP contribution >= 0.6 is 0 Å². The molecule has 1 atom stereocenters. The Morgan fingerprint density at radius 3 is 2.54 bits per heavy atom. The molecule has 0 spiro atoms. The van der Waals surface area contributed by atoms with Gasteiger partial charge >= 0.3 is 0 Å². The van der Waals surface area contributed by atoms with Gasteiger partial charge in [0, 0.05) is 13.2 Å². The Labute approximate surface area is 81.8 Å². The lowest BCUT2D eigenvalue weighted by molar-refractivity contribution is 0.0238. The highest BCUT2D eigenvalue weighted by molar-refractivity contribution is 4.66. The molecule has 0 saturated heterocycles. The first-order valence-electron chi connectivity index (χ1n) is 5.68. The van der Waals surface area contributed by atoms with E-state index in [0.717, 1.165) is 18.9 Å². The normalized spacial score (nSPS) is 21.7. The third-order valence-electron chi connectivity index (χ3n) is 3.01. The molecule has 1 saturated carbocycles. The van der Waals surface area contributed by atoms with Crippen LogP contribution in [0.15, 0.2) is 0 Å². The molecule has 78 valence electrons. The zero-order chi connectivity index (χ0) is 9.52. The summed E-state index contributed by atoms with van der Waals surface area (Å²) in [5.41, 5.74) is 5.57. The maximum absolute atomic E-state index is 5.75. The van der Waals surface area contributed by atoms with E-state index in [4.69, 9.17) is 10.5 Å². The second-order valence-electron chi connectivity index (χ2n) is 4.10. The molecule has 0 aromatic rings. The van der Waals surface area contributed by atoms with Gasteiger partial charge in [0.1, 0.15) is 0 Å². The number of rotatable bonds is 5. The molecule has 2 heteroatoms. The van der Waals surface area contributed by atoms with Gasteiger partial charge in [-0.05, 0) is 25.2 Å². The van der Waals surface area contributed by atoms with Crippen LogP contribution in [0, 0.1) is 5.92 Å². The smallest absolute Gasteiger partial charge is 0.0694 e. The van der Waals surface area contributed by atoms with Crippen molar-refractivity contribution >= 4 is 0 Å². The number of hydrogen-bond acceptors (Lipinski definition) is 2. The molecule has 0 aliphatic heterocycles. The molecular weight excluding hydrogens is 162 g/mol. The number of nitrogens with two attached hydrogens (primary N) is 1. The van der Waals surface area contributed by atoms with Crippen molar-refractivity contribution < 1.29 is 4.74 Å². The van der Waals surface area contributed by atoms with E-state index in [9.17, 15) is 0 Å². The van der Waals surface area contributed by atoms with Gasteiger partial charge in [0.05, 0.1) is 6.10 Å². The maximum atomic E-state index is 5.75. The van der Waals surface area contributed by atoms with Gasteiger partial charge in [0.2, 0.25) is 0 Å². The highest BCUT2D eigenvalue weighted by Crippen LogP contribution is 2.24. The highest BCUT2D eigenvalue weighted by Gasteiger charge is 2.14. The van der Waals surface area contributed by atoms with E-state index in [1.807, 2.05) is 0 Å². The van der Waals surface area contributed by atoms with Crippen LogP contribution in [-0.2, 0) is 4.74 Å². The molecule has 2 N–H and O–H groups in total. The Kier molecular flexibility index (Phi) is 5.40. The molecule has 13 heavy (non-hydrogen) atoms. The molecular formula is C11H23NO. The predicted octanol–water partition coefficient (Wildman–Crippen LogP) is 2.32. The molecule has 0 bridgehead atoms. The van der Waals surface area contributed by atoms with E-state index in [1.165, 1.54) is 32.1 Å². The molecule has 0 aromatic heterocycles. The first-order chi connectivity index (χ1) is 6.36. The van der Waals surface area contributed by atoms with Gasteiger partial charge in [-0.2, -0.15) is 0 Å². The summed E-state index contributed by atoms with van der Waals surface area (Å²) in [6.45, 7) is 3.75. The molecule has 1 rings (SSSR count). The number of hydrogen-bond donors (Lipinski definition) is 1. The fourth-order valence-corrected chi connectivity index (χ4v) is 1.98. The monoisotopic (exact) mass is 185 g/mol. The van der Waals surface area contributed by atoms with Crippen LogP contribution < -0.4 is 5.73 Å². The summed E-state index contributed by atoms with van der Waals surface area (Å²) in [7, 11) is 0. The molecule has 1 aliphatic carbocycles. The van der Waals surface area contributed by atoms with Crippen LogP contribution in [0.3, 0.4) is 0 Å². The topological polar surface area (TPSA) is 35.2 Å². The van der Waals surface area contributed by atoms with Gasteiger partial charge in [-0.1, -0.05) is 26.2 Å². The Hall–Kier alpha value is -0.0800. The summed E-state index contributed by atoms with van der Waals surface area (Å²) in [5.74, 6) is 0.814. The molecule has 1 unspecified atom stereocenters. The van der Waals surface area contributed by atoms with Crippen molar-refractivity contribution in [2.75, 3.05) is 13.2 Å². The van der Waals surface area contributed by atoms with Crippen molar-refractivity contribution in [3.63, 3.8) is 0 Å². The van der Waals surface area contributed by atoms with Crippen LogP contribution in [0.1, 0.15) is 45.4 Å². The van der Waals surface area contributed by atoms with E-state index >= 15 is 0 Å². The molecule has 0 radical (unpaired) electrons. The zero-order valence-electron chi connectivity index (χ0n) is 8.80. The maximum Gasteiger partial charge on any atom is 0.0694 e. The highest BCUT2D eigenvalue weighted by atomic mass is 16.5. The average Bonchev–Trinajstić information content (AvgIpc) is 2.21. The van der Waals surface area contributed by atoms with Crippen LogP contribution in [-0.4, -0.2) is 19.3 Å². The van der Waals surface area contributed by atoms with E-state index in [-0.39, 0.29) is 0 Å². The lowest BCUT2D eigenvalue weighted by atomic mass is 9.90. The standard InChI is InChI=1S/C11H23NO/c1-2-11(8-12)13-9-10-6-4-3-5-7-10/h10-11H,2-9,12H2,1H3. The summed E-state index contributed by atoms with van der Waals surface area (Å²) in [6.07, 6.45) is 8.28. The molecule has 0 amide bonds. The third kappa shape index (κ3) is 4.10. The SMILES string of the molecule is CCC(CN)OCC1CCCCC1. The summed E-state index contributed by atoms with van der Waals surface area (Å²) in [5, 5.41) is 0. The van der Waals surface area contributed by atoms with Crippen LogP contribution in [0.25, 0.3) is 0 Å². The summed E-state index contributed by atoms with van der Waals surface area (Å²) >= 11 is 0. The van der Waals surface area contributed by atoms with E-state index in [2.05, 4.69) is 6.92 Å². The minimum Gasteiger partial charge on any atom is -0.377 e. The number of ether oxygens (including phenoxy) is 1. The van der Waals surface area contributed by atoms with E-state index in [1.54, 1.807) is 0 Å². The minimum absolute atomic E-state index is 0.293. The Morgan fingerprint density at radius 2 is 2.00 bits per heavy atom. The van der Waals surface area contributed by atoms with Gasteiger partial charge < -0.3 is 10.5 Å². The predicted molar refractivity (Wildman–Crippen MR) is 55.7 cm³/mol. The average molecular weight is 185 g/mol. The van der Waals surface area contributed by atoms with Crippen molar-refractivity contribution in [2.45, 2.75) is 51.6 Å². The lowest BCUT2D eigenvalue weighted by Crippen LogP contribution is -2.26. The van der Waals surface area contributed by atoms with Gasteiger partial charge in [-0.25, -0.2) is 0 Å². The third-order valence-corrected chi connectivity index (χ3v) is 3.01. The first-order valence-corrected chi connectivity index (χ1v) is 5.68. The van der Waals surface area contributed by atoms with Crippen molar-refractivity contribution in [2.24, 2.45) is 11.7 Å². The van der Waals surface area contributed by atoms with Gasteiger partial charge in [0.25, 0.3) is 0 Å². The Morgan fingerprint density at radius 1 is 1.31 bits per heavy atom. The van der Waals surface area contributed by atoms with Crippen molar-refractivity contribution in [1.29, 1.82) is 0 Å². The second kappa shape index (κ2) is 6.39. The first kappa shape index (κ1) is 11.0. The van der Waals surface area contributed by atoms with Crippen molar-refractivity contribution in [1.82, 2.24) is 0 Å². The lowest BCUT2D eigenvalue weighted by Gasteiger charge is -2.23. The van der Waals surface area contributed by atoms with Crippen LogP contribution in [0.5, 0.6) is 0 Å². The van der Waals surface area contributed by atoms with Gasteiger partial charge in [-0.15, -0.1) is 0 Å². The molecule has 0 aromatic carbocycles. The van der Waals surface area contributed by atoms with Gasteiger partial charge in [-0.3, -0.25) is 0 Å². The summed E-state index contributed by atoms with van der Waals surface area (Å²) in [4.78, 5) is 0. The van der Waals surface area contributed by atoms with Crippen molar-refractivity contribution in [3.05, 3.63) is 0 Å². The fraction of sp³-hybridized carbons (Fsp3) is 1.00. The zero-order valence-corrected chi connectivity index (χ0v) is 8.80. The van der Waals surface area contributed by atoms with Crippen molar-refractivity contribution in [3.8, 4) is 0 Å². The molecule has 2 nitrogen and oxygen atoms in total. The Balaban J connectivity index is 2.09. The quantitative estimate of drug-likeness (QED) is 0.713. The largest absolute Gasteiger partial charge is 0.377 e. The van der Waals surface area contributed by atoms with E-state index < -0.39 is 0 Å². The molecule has 1 aliphatic rings. The minimum atomic E-state index is 0.293.